The summed E-state index contributed by atoms with van der Waals surface area (Å²) in [5.41, 5.74) is 1.16. The number of alkyl halides is 2. The minimum Gasteiger partial charge on any atom is -0.489 e. The van der Waals surface area contributed by atoms with E-state index in [1.165, 1.54) is 17.7 Å². The third kappa shape index (κ3) is 5.54. The van der Waals surface area contributed by atoms with Crippen LogP contribution in [-0.4, -0.2) is 88.6 Å². The highest BCUT2D eigenvalue weighted by Gasteiger charge is 2.55. The summed E-state index contributed by atoms with van der Waals surface area (Å²) in [5.74, 6) is -0.0597. The van der Waals surface area contributed by atoms with Crippen molar-refractivity contribution < 1.29 is 32.7 Å². The summed E-state index contributed by atoms with van der Waals surface area (Å²) in [7, 11) is 0. The van der Waals surface area contributed by atoms with Gasteiger partial charge in [0, 0.05) is 57.0 Å². The van der Waals surface area contributed by atoms with Gasteiger partial charge < -0.3 is 14.5 Å². The van der Waals surface area contributed by atoms with Crippen molar-refractivity contribution in [2.75, 3.05) is 26.2 Å². The highest BCUT2D eigenvalue weighted by molar-refractivity contribution is 6.05. The van der Waals surface area contributed by atoms with Gasteiger partial charge in [0.1, 0.15) is 23.9 Å². The van der Waals surface area contributed by atoms with Gasteiger partial charge >= 0.3 is 0 Å². The molecular formula is C36H46F2N4O5. The monoisotopic (exact) mass is 652 g/mol. The van der Waals surface area contributed by atoms with Crippen LogP contribution in [0.1, 0.15) is 87.1 Å². The average Bonchev–Trinajstić information content (AvgIpc) is 3.31. The van der Waals surface area contributed by atoms with Crippen LogP contribution in [0, 0.1) is 35.5 Å². The summed E-state index contributed by atoms with van der Waals surface area (Å²) in [5, 5.41) is 2.31. The van der Waals surface area contributed by atoms with E-state index in [9.17, 15) is 19.2 Å². The molecule has 0 aromatic heterocycles. The quantitative estimate of drug-likeness (QED) is 0.462. The lowest BCUT2D eigenvalue weighted by Gasteiger charge is -2.54. The number of piperidine rings is 2. The van der Waals surface area contributed by atoms with Crippen molar-refractivity contribution in [3.8, 4) is 5.75 Å². The Morgan fingerprint density at radius 3 is 2.45 bits per heavy atom. The van der Waals surface area contributed by atoms with Gasteiger partial charge in [0.15, 0.2) is 0 Å². The number of carbonyl (C=O) groups is 4. The van der Waals surface area contributed by atoms with Crippen molar-refractivity contribution in [2.24, 2.45) is 35.5 Å². The summed E-state index contributed by atoms with van der Waals surface area (Å²) < 4.78 is 37.4. The molecule has 9 rings (SSSR count). The second kappa shape index (κ2) is 11.8. The van der Waals surface area contributed by atoms with Crippen LogP contribution >= 0.6 is 0 Å². The smallest absolute Gasteiger partial charge is 0.266 e. The molecule has 7 fully saturated rings. The van der Waals surface area contributed by atoms with Gasteiger partial charge in [-0.2, -0.15) is 0 Å². The summed E-state index contributed by atoms with van der Waals surface area (Å²) in [6.45, 7) is 5.33. The Morgan fingerprint density at radius 2 is 1.72 bits per heavy atom. The Balaban J connectivity index is 0.875. The Hall–Kier alpha value is -3.08. The average molecular weight is 653 g/mol. The zero-order valence-corrected chi connectivity index (χ0v) is 27.2. The van der Waals surface area contributed by atoms with Crippen LogP contribution in [0.4, 0.5) is 8.78 Å². The van der Waals surface area contributed by atoms with Crippen LogP contribution in [0.25, 0.3) is 0 Å². The van der Waals surface area contributed by atoms with Crippen LogP contribution < -0.4 is 10.1 Å². The number of imide groups is 1. The molecule has 1 aromatic carbocycles. The zero-order chi connectivity index (χ0) is 32.6. The fourth-order valence-electron chi connectivity index (χ4n) is 10.0. The van der Waals surface area contributed by atoms with E-state index in [-0.39, 0.29) is 43.5 Å². The molecule has 4 aliphatic carbocycles. The second-order valence-electron chi connectivity index (χ2n) is 15.7. The van der Waals surface area contributed by atoms with Crippen LogP contribution in [0.5, 0.6) is 5.75 Å². The first kappa shape index (κ1) is 31.2. The number of likely N-dealkylation sites (tertiary alicyclic amines) is 2. The molecule has 4 aliphatic heterocycles. The fourth-order valence-corrected chi connectivity index (χ4v) is 10.0. The molecule has 5 atom stereocenters. The minimum absolute atomic E-state index is 0.152. The highest BCUT2D eigenvalue weighted by Crippen LogP contribution is 2.52. The number of amides is 4. The molecule has 254 valence electrons. The second-order valence-corrected chi connectivity index (χ2v) is 15.7. The normalized spacial score (nSPS) is 36.0. The van der Waals surface area contributed by atoms with Crippen LogP contribution in [0.3, 0.4) is 0 Å². The lowest BCUT2D eigenvalue weighted by Crippen LogP contribution is -2.66. The number of benzene rings is 1. The lowest BCUT2D eigenvalue weighted by atomic mass is 9.55. The lowest BCUT2D eigenvalue weighted by molar-refractivity contribution is -0.173. The van der Waals surface area contributed by atoms with Gasteiger partial charge in [-0.3, -0.25) is 29.4 Å². The molecule has 3 saturated heterocycles. The molecule has 1 N–H and O–H groups in total. The van der Waals surface area contributed by atoms with Crippen molar-refractivity contribution in [1.29, 1.82) is 0 Å². The molecule has 4 heterocycles. The number of hydrogen-bond acceptors (Lipinski definition) is 6. The number of nitrogens with one attached hydrogen (secondary N) is 1. The molecule has 4 amide bonds. The predicted molar refractivity (Wildman–Crippen MR) is 167 cm³/mol. The summed E-state index contributed by atoms with van der Waals surface area (Å²) in [6, 6.07) is 3.34. The van der Waals surface area contributed by atoms with Crippen molar-refractivity contribution >= 4 is 23.6 Å². The molecule has 1 aromatic rings. The fraction of sp³-hybridized carbons (Fsp3) is 0.722. The molecule has 0 radical (unpaired) electrons. The first-order valence-corrected chi connectivity index (χ1v) is 17.9. The van der Waals surface area contributed by atoms with Gasteiger partial charge in [-0.15, -0.1) is 0 Å². The van der Waals surface area contributed by atoms with Crippen molar-refractivity contribution in [2.45, 2.75) is 102 Å². The summed E-state index contributed by atoms with van der Waals surface area (Å²) in [6.07, 6.45) is 5.91. The van der Waals surface area contributed by atoms with Crippen LogP contribution in [-0.2, 0) is 20.9 Å². The van der Waals surface area contributed by atoms with E-state index in [0.29, 0.717) is 72.4 Å². The van der Waals surface area contributed by atoms with Crippen LogP contribution in [0.15, 0.2) is 18.2 Å². The first-order chi connectivity index (χ1) is 22.6. The van der Waals surface area contributed by atoms with Crippen molar-refractivity contribution in [1.82, 2.24) is 20.0 Å². The SMILES string of the molecule is C[C@H]1C[C@@H](C(=O)N2CCC(C3CN([C@H]4[C@@H](Oc5ccc6c(c5)CN(C5CCC(=O)NC5=O)C6=O)CCCC4(F)F)C3)CC2)C2CC1C2. The van der Waals surface area contributed by atoms with E-state index in [4.69, 9.17) is 4.74 Å². The van der Waals surface area contributed by atoms with E-state index < -0.39 is 30.0 Å². The molecule has 11 heteroatoms. The maximum absolute atomic E-state index is 15.6. The number of hydrogen-bond donors (Lipinski definition) is 1. The maximum atomic E-state index is 15.6. The Morgan fingerprint density at radius 1 is 0.957 bits per heavy atom. The van der Waals surface area contributed by atoms with E-state index >= 15 is 8.78 Å². The Bertz CT molecular complexity index is 1450. The molecule has 4 saturated carbocycles. The topological polar surface area (TPSA) is 99.3 Å². The molecule has 9 nitrogen and oxygen atoms in total. The van der Waals surface area contributed by atoms with Gasteiger partial charge in [-0.05, 0) is 105 Å². The van der Waals surface area contributed by atoms with Gasteiger partial charge in [-0.25, -0.2) is 8.78 Å². The number of nitrogens with zero attached hydrogens (tertiary/aromatic N) is 3. The van der Waals surface area contributed by atoms with Crippen molar-refractivity contribution in [3.05, 3.63) is 29.3 Å². The van der Waals surface area contributed by atoms with E-state index in [1.807, 2.05) is 4.90 Å². The number of ether oxygens (including phenoxy) is 1. The molecular weight excluding hydrogens is 606 g/mol. The summed E-state index contributed by atoms with van der Waals surface area (Å²) >= 11 is 0. The number of rotatable bonds is 6. The van der Waals surface area contributed by atoms with Crippen LogP contribution in [0.2, 0.25) is 0 Å². The number of halogens is 2. The van der Waals surface area contributed by atoms with Gasteiger partial charge in [0.2, 0.25) is 17.7 Å². The standard InChI is InChI=1S/C36H46F2N4O5/c1-20-13-28(23-14-22(20)15-23)34(45)40-11-8-21(9-12-40)25-17-41(18-25)32-30(3-2-10-36(32,37)38)47-26-4-5-27-24(16-26)19-42(35(27)46)29-6-7-31(43)39-33(29)44/h4-5,16,20-23,25,28-30,32H,2-3,6-15,17-19H2,1H3,(H,39,43,44)/t20-,22?,23?,28+,29?,30-,32-/m0/s1. The van der Waals surface area contributed by atoms with Crippen molar-refractivity contribution in [3.63, 3.8) is 0 Å². The molecule has 47 heavy (non-hydrogen) atoms. The molecule has 1 unspecified atom stereocenters. The first-order valence-electron chi connectivity index (χ1n) is 17.9. The molecule has 0 spiro atoms. The third-order valence-electron chi connectivity index (χ3n) is 12.9. The minimum atomic E-state index is -2.86. The predicted octanol–water partition coefficient (Wildman–Crippen LogP) is 4.24. The Kier molecular flexibility index (Phi) is 7.84. The summed E-state index contributed by atoms with van der Waals surface area (Å²) in [4.78, 5) is 56.0. The number of fused-ring (bicyclic) bond motifs is 3. The molecule has 2 bridgehead atoms. The molecule has 8 aliphatic rings. The van der Waals surface area contributed by atoms with E-state index in [0.717, 1.165) is 38.3 Å². The highest BCUT2D eigenvalue weighted by atomic mass is 19.3. The van der Waals surface area contributed by atoms with Gasteiger partial charge in [0.25, 0.3) is 11.8 Å². The zero-order valence-electron chi connectivity index (χ0n) is 27.2. The Labute approximate surface area is 274 Å². The largest absolute Gasteiger partial charge is 0.489 e. The number of carbonyl (C=O) groups excluding carboxylic acids is 4. The van der Waals surface area contributed by atoms with Gasteiger partial charge in [0.05, 0.1) is 0 Å². The van der Waals surface area contributed by atoms with Gasteiger partial charge in [-0.1, -0.05) is 6.92 Å². The third-order valence-corrected chi connectivity index (χ3v) is 12.9. The van der Waals surface area contributed by atoms with E-state index in [1.54, 1.807) is 18.2 Å². The maximum Gasteiger partial charge on any atom is 0.266 e. The van der Waals surface area contributed by atoms with E-state index in [2.05, 4.69) is 17.1 Å².